The molecule has 20 heavy (non-hydrogen) atoms. The van der Waals surface area contributed by atoms with Crippen molar-refractivity contribution in [3.8, 4) is 11.5 Å². The zero-order valence-corrected chi connectivity index (χ0v) is 10.8. The van der Waals surface area contributed by atoms with Gasteiger partial charge in [-0.2, -0.15) is 0 Å². The lowest BCUT2D eigenvalue weighted by Crippen LogP contribution is -1.96. The highest BCUT2D eigenvalue weighted by atomic mass is 19.1. The lowest BCUT2D eigenvalue weighted by molar-refractivity contribution is -0.385. The number of rotatable bonds is 3. The number of hydrogen-bond acceptors (Lipinski definition) is 3. The summed E-state index contributed by atoms with van der Waals surface area (Å²) >= 11 is 0. The molecule has 4 nitrogen and oxygen atoms in total. The molecule has 2 rings (SSSR count). The number of benzene rings is 2. The van der Waals surface area contributed by atoms with Gasteiger partial charge in [0, 0.05) is 30.3 Å². The minimum Gasteiger partial charge on any atom is -0.457 e. The van der Waals surface area contributed by atoms with Crippen LogP contribution in [0.4, 0.5) is 14.5 Å². The molecule has 0 heterocycles. The maximum absolute atomic E-state index is 13.1. The van der Waals surface area contributed by atoms with Crippen LogP contribution >= 0.6 is 0 Å². The first-order valence-corrected chi connectivity index (χ1v) is 5.76. The van der Waals surface area contributed by atoms with Crippen LogP contribution in [0.3, 0.4) is 0 Å². The van der Waals surface area contributed by atoms with Gasteiger partial charge >= 0.3 is 0 Å². The second-order valence-electron chi connectivity index (χ2n) is 4.37. The molecule has 0 unspecified atom stereocenters. The molecule has 0 spiro atoms. The van der Waals surface area contributed by atoms with Crippen LogP contribution < -0.4 is 4.74 Å². The minimum absolute atomic E-state index is 0.00236. The van der Waals surface area contributed by atoms with E-state index in [4.69, 9.17) is 4.74 Å². The molecule has 0 saturated carbocycles. The van der Waals surface area contributed by atoms with Gasteiger partial charge in [0.05, 0.1) is 4.92 Å². The molecule has 0 aliphatic heterocycles. The Kier molecular flexibility index (Phi) is 3.65. The number of aryl methyl sites for hydroxylation is 2. The molecular weight excluding hydrogens is 268 g/mol. The smallest absolute Gasteiger partial charge is 0.270 e. The van der Waals surface area contributed by atoms with Gasteiger partial charge < -0.3 is 4.74 Å². The van der Waals surface area contributed by atoms with E-state index in [1.807, 2.05) is 0 Å². The molecule has 0 bridgehead atoms. The molecule has 0 fully saturated rings. The predicted octanol–water partition coefficient (Wildman–Crippen LogP) is 4.28. The Morgan fingerprint density at radius 3 is 1.95 bits per heavy atom. The van der Waals surface area contributed by atoms with Crippen LogP contribution in [0, 0.1) is 35.6 Å². The van der Waals surface area contributed by atoms with E-state index in [1.54, 1.807) is 13.8 Å². The first-order valence-electron chi connectivity index (χ1n) is 5.76. The summed E-state index contributed by atoms with van der Waals surface area (Å²) < 4.78 is 31.6. The van der Waals surface area contributed by atoms with Gasteiger partial charge in [0.15, 0.2) is 0 Å². The second kappa shape index (κ2) is 5.24. The van der Waals surface area contributed by atoms with Gasteiger partial charge in [-0.05, 0) is 25.0 Å². The maximum atomic E-state index is 13.1. The van der Waals surface area contributed by atoms with E-state index in [1.165, 1.54) is 12.1 Å². The third kappa shape index (κ3) is 2.90. The monoisotopic (exact) mass is 279 g/mol. The Morgan fingerprint density at radius 1 is 1.00 bits per heavy atom. The first kappa shape index (κ1) is 13.9. The third-order valence-corrected chi connectivity index (χ3v) is 2.71. The molecule has 0 aliphatic rings. The molecule has 0 aliphatic carbocycles. The Bertz CT molecular complexity index is 643. The fraction of sp³-hybridized carbons (Fsp3) is 0.143. The number of ether oxygens (including phenoxy) is 1. The van der Waals surface area contributed by atoms with Crippen molar-refractivity contribution in [3.63, 3.8) is 0 Å². The van der Waals surface area contributed by atoms with Crippen LogP contribution in [0.1, 0.15) is 11.1 Å². The van der Waals surface area contributed by atoms with Crippen molar-refractivity contribution in [1.29, 1.82) is 0 Å². The maximum Gasteiger partial charge on any atom is 0.270 e. The first-order chi connectivity index (χ1) is 9.36. The van der Waals surface area contributed by atoms with E-state index in [9.17, 15) is 18.9 Å². The van der Waals surface area contributed by atoms with Crippen LogP contribution in [0.25, 0.3) is 0 Å². The highest BCUT2D eigenvalue weighted by Crippen LogP contribution is 2.32. The lowest BCUT2D eigenvalue weighted by Gasteiger charge is -2.11. The van der Waals surface area contributed by atoms with E-state index in [0.29, 0.717) is 16.9 Å². The van der Waals surface area contributed by atoms with Crippen molar-refractivity contribution in [2.75, 3.05) is 0 Å². The van der Waals surface area contributed by atoms with Crippen molar-refractivity contribution < 1.29 is 18.4 Å². The number of nitro groups is 1. The van der Waals surface area contributed by atoms with Crippen molar-refractivity contribution in [2.45, 2.75) is 13.8 Å². The quantitative estimate of drug-likeness (QED) is 0.622. The molecular formula is C14H11F2NO3. The van der Waals surface area contributed by atoms with Gasteiger partial charge in [-0.15, -0.1) is 0 Å². The molecule has 0 saturated heterocycles. The van der Waals surface area contributed by atoms with E-state index in [-0.39, 0.29) is 11.4 Å². The van der Waals surface area contributed by atoms with Gasteiger partial charge in [0.25, 0.3) is 5.69 Å². The average molecular weight is 279 g/mol. The minimum atomic E-state index is -0.753. The summed E-state index contributed by atoms with van der Waals surface area (Å²) in [7, 11) is 0. The second-order valence-corrected chi connectivity index (χ2v) is 4.37. The van der Waals surface area contributed by atoms with E-state index in [2.05, 4.69) is 0 Å². The highest BCUT2D eigenvalue weighted by molar-refractivity contribution is 5.50. The summed E-state index contributed by atoms with van der Waals surface area (Å²) in [6.45, 7) is 3.26. The molecule has 2 aromatic rings. The summed E-state index contributed by atoms with van der Waals surface area (Å²) in [5, 5.41) is 10.7. The van der Waals surface area contributed by atoms with Crippen molar-refractivity contribution in [2.24, 2.45) is 0 Å². The van der Waals surface area contributed by atoms with Crippen LogP contribution in [-0.4, -0.2) is 4.92 Å². The molecule has 0 aromatic heterocycles. The summed E-state index contributed by atoms with van der Waals surface area (Å²) in [4.78, 5) is 10.2. The summed E-state index contributed by atoms with van der Waals surface area (Å²) in [5.74, 6) is -1.16. The predicted molar refractivity (Wildman–Crippen MR) is 69.0 cm³/mol. The normalized spacial score (nSPS) is 10.4. The van der Waals surface area contributed by atoms with E-state index < -0.39 is 16.6 Å². The summed E-state index contributed by atoms with van der Waals surface area (Å²) in [6.07, 6.45) is 0. The lowest BCUT2D eigenvalue weighted by atomic mass is 10.1. The molecule has 104 valence electrons. The largest absolute Gasteiger partial charge is 0.457 e. The topological polar surface area (TPSA) is 52.4 Å². The summed E-state index contributed by atoms with van der Waals surface area (Å²) in [5.41, 5.74) is 0.973. The van der Waals surface area contributed by atoms with Crippen LogP contribution in [0.15, 0.2) is 30.3 Å². The van der Waals surface area contributed by atoms with E-state index in [0.717, 1.165) is 18.2 Å². The molecule has 0 atom stereocenters. The Balaban J connectivity index is 2.41. The standard InChI is InChI=1S/C14H11F2NO3/c1-8-3-12(17(18)19)4-9(2)14(8)20-13-6-10(15)5-11(16)7-13/h3-7H,1-2H3. The number of hydrogen-bond donors (Lipinski definition) is 0. The molecule has 0 radical (unpaired) electrons. The number of non-ortho nitro benzene ring substituents is 1. The van der Waals surface area contributed by atoms with Gasteiger partial charge in [0.2, 0.25) is 0 Å². The zero-order valence-electron chi connectivity index (χ0n) is 10.8. The Labute approximate surface area is 113 Å². The third-order valence-electron chi connectivity index (χ3n) is 2.71. The molecule has 6 heteroatoms. The van der Waals surface area contributed by atoms with Gasteiger partial charge in [-0.3, -0.25) is 10.1 Å². The molecule has 0 amide bonds. The van der Waals surface area contributed by atoms with Crippen molar-refractivity contribution in [3.05, 3.63) is 63.2 Å². The number of halogens is 2. The van der Waals surface area contributed by atoms with Gasteiger partial charge in [0.1, 0.15) is 23.1 Å². The Hall–Kier alpha value is -2.50. The molecule has 2 aromatic carbocycles. The van der Waals surface area contributed by atoms with Crippen LogP contribution in [-0.2, 0) is 0 Å². The zero-order chi connectivity index (χ0) is 14.9. The fourth-order valence-corrected chi connectivity index (χ4v) is 1.90. The van der Waals surface area contributed by atoms with Gasteiger partial charge in [-0.1, -0.05) is 0 Å². The van der Waals surface area contributed by atoms with Crippen LogP contribution in [0.2, 0.25) is 0 Å². The number of nitrogens with zero attached hydrogens (tertiary/aromatic N) is 1. The van der Waals surface area contributed by atoms with Gasteiger partial charge in [-0.25, -0.2) is 8.78 Å². The number of nitro benzene ring substituents is 1. The SMILES string of the molecule is Cc1cc([N+](=O)[O-])cc(C)c1Oc1cc(F)cc(F)c1. The van der Waals surface area contributed by atoms with Crippen molar-refractivity contribution >= 4 is 5.69 Å². The molecule has 0 N–H and O–H groups in total. The highest BCUT2D eigenvalue weighted by Gasteiger charge is 2.14. The van der Waals surface area contributed by atoms with Crippen molar-refractivity contribution in [1.82, 2.24) is 0 Å². The average Bonchev–Trinajstić information content (AvgIpc) is 2.32. The summed E-state index contributed by atoms with van der Waals surface area (Å²) in [6, 6.07) is 5.52. The van der Waals surface area contributed by atoms with E-state index >= 15 is 0 Å². The Morgan fingerprint density at radius 2 is 1.50 bits per heavy atom. The fourth-order valence-electron chi connectivity index (χ4n) is 1.90. The van der Waals surface area contributed by atoms with Crippen LogP contribution in [0.5, 0.6) is 11.5 Å².